The number of benzene rings is 2. The summed E-state index contributed by atoms with van der Waals surface area (Å²) in [6.45, 7) is 0. The Bertz CT molecular complexity index is 554. The van der Waals surface area contributed by atoms with Crippen LogP contribution in [0.15, 0.2) is 48.5 Å². The highest BCUT2D eigenvalue weighted by Gasteiger charge is 2.06. The molecule has 0 unspecified atom stereocenters. The molecule has 2 aromatic carbocycles. The van der Waals surface area contributed by atoms with E-state index in [0.717, 1.165) is 5.56 Å². The first kappa shape index (κ1) is 12.6. The number of rotatable bonds is 3. The molecule has 0 atom stereocenters. The standard InChI is InChI=1S/C14H11ClFNO/c15-9-10-2-1-3-13(8-10)17-14(18)11-4-6-12(16)7-5-11/h1-8H,9H2,(H,17,18). The highest BCUT2D eigenvalue weighted by Crippen LogP contribution is 2.14. The van der Waals surface area contributed by atoms with Crippen LogP contribution in [-0.4, -0.2) is 5.91 Å². The quantitative estimate of drug-likeness (QED) is 0.838. The van der Waals surface area contributed by atoms with E-state index >= 15 is 0 Å². The third-order valence-corrected chi connectivity index (χ3v) is 2.75. The molecule has 0 saturated carbocycles. The number of amides is 1. The Hall–Kier alpha value is -1.87. The number of halogens is 2. The first-order valence-corrected chi connectivity index (χ1v) is 5.94. The lowest BCUT2D eigenvalue weighted by Crippen LogP contribution is -2.11. The van der Waals surface area contributed by atoms with E-state index in [1.165, 1.54) is 24.3 Å². The Morgan fingerprint density at radius 1 is 1.17 bits per heavy atom. The summed E-state index contributed by atoms with van der Waals surface area (Å²) in [6, 6.07) is 12.7. The summed E-state index contributed by atoms with van der Waals surface area (Å²) < 4.78 is 12.7. The van der Waals surface area contributed by atoms with Crippen LogP contribution in [0.5, 0.6) is 0 Å². The van der Waals surface area contributed by atoms with Gasteiger partial charge in [-0.1, -0.05) is 12.1 Å². The van der Waals surface area contributed by atoms with Gasteiger partial charge in [0.1, 0.15) is 5.82 Å². The summed E-state index contributed by atoms with van der Waals surface area (Å²) in [4.78, 5) is 11.9. The van der Waals surface area contributed by atoms with Gasteiger partial charge in [0.15, 0.2) is 0 Å². The van der Waals surface area contributed by atoms with E-state index in [0.29, 0.717) is 17.1 Å². The van der Waals surface area contributed by atoms with Crippen molar-refractivity contribution in [3.63, 3.8) is 0 Å². The van der Waals surface area contributed by atoms with Gasteiger partial charge in [0.25, 0.3) is 5.91 Å². The van der Waals surface area contributed by atoms with Crippen molar-refractivity contribution < 1.29 is 9.18 Å². The number of anilines is 1. The third-order valence-electron chi connectivity index (χ3n) is 2.45. The second kappa shape index (κ2) is 5.65. The van der Waals surface area contributed by atoms with E-state index in [-0.39, 0.29) is 11.7 Å². The van der Waals surface area contributed by atoms with Crippen LogP contribution < -0.4 is 5.32 Å². The third kappa shape index (κ3) is 3.08. The lowest BCUT2D eigenvalue weighted by molar-refractivity contribution is 0.102. The molecule has 0 radical (unpaired) electrons. The van der Waals surface area contributed by atoms with E-state index < -0.39 is 0 Å². The minimum absolute atomic E-state index is 0.276. The topological polar surface area (TPSA) is 29.1 Å². The number of nitrogens with one attached hydrogen (secondary N) is 1. The maximum Gasteiger partial charge on any atom is 0.255 e. The van der Waals surface area contributed by atoms with Crippen molar-refractivity contribution in [3.8, 4) is 0 Å². The fourth-order valence-corrected chi connectivity index (χ4v) is 1.70. The van der Waals surface area contributed by atoms with Crippen LogP contribution in [0, 0.1) is 5.82 Å². The molecule has 0 fully saturated rings. The molecule has 1 N–H and O–H groups in total. The van der Waals surface area contributed by atoms with E-state index in [2.05, 4.69) is 5.32 Å². The molecule has 18 heavy (non-hydrogen) atoms. The normalized spacial score (nSPS) is 10.1. The molecule has 0 heterocycles. The highest BCUT2D eigenvalue weighted by atomic mass is 35.5. The fraction of sp³-hybridized carbons (Fsp3) is 0.0714. The Labute approximate surface area is 109 Å². The van der Waals surface area contributed by atoms with Gasteiger partial charge < -0.3 is 5.32 Å². The molecule has 2 rings (SSSR count). The lowest BCUT2D eigenvalue weighted by atomic mass is 10.2. The SMILES string of the molecule is O=C(Nc1cccc(CCl)c1)c1ccc(F)cc1. The maximum absolute atomic E-state index is 12.7. The maximum atomic E-state index is 12.7. The summed E-state index contributed by atoms with van der Waals surface area (Å²) in [6.07, 6.45) is 0. The van der Waals surface area contributed by atoms with Gasteiger partial charge in [-0.15, -0.1) is 11.6 Å². The van der Waals surface area contributed by atoms with Gasteiger partial charge in [-0.2, -0.15) is 0 Å². The molecule has 2 nitrogen and oxygen atoms in total. The Morgan fingerprint density at radius 2 is 1.89 bits per heavy atom. The van der Waals surface area contributed by atoms with Crippen molar-refractivity contribution in [1.29, 1.82) is 0 Å². The van der Waals surface area contributed by atoms with Gasteiger partial charge in [-0.25, -0.2) is 4.39 Å². The number of hydrogen-bond acceptors (Lipinski definition) is 1. The molecule has 0 aliphatic carbocycles. The minimum atomic E-state index is -0.365. The summed E-state index contributed by atoms with van der Waals surface area (Å²) in [5.41, 5.74) is 2.00. The molecule has 0 spiro atoms. The second-order valence-electron chi connectivity index (χ2n) is 3.80. The molecule has 0 aliphatic heterocycles. The Kier molecular flexibility index (Phi) is 3.95. The van der Waals surface area contributed by atoms with Gasteiger partial charge in [0.05, 0.1) is 0 Å². The minimum Gasteiger partial charge on any atom is -0.322 e. The van der Waals surface area contributed by atoms with Crippen LogP contribution in [-0.2, 0) is 5.88 Å². The first-order valence-electron chi connectivity index (χ1n) is 5.41. The molecule has 0 aromatic heterocycles. The van der Waals surface area contributed by atoms with Crippen molar-refractivity contribution in [1.82, 2.24) is 0 Å². The summed E-state index contributed by atoms with van der Waals surface area (Å²) in [5.74, 6) is -0.252. The van der Waals surface area contributed by atoms with Crippen LogP contribution in [0.3, 0.4) is 0 Å². The zero-order valence-corrected chi connectivity index (χ0v) is 10.2. The number of carbonyl (C=O) groups is 1. The van der Waals surface area contributed by atoms with Crippen LogP contribution in [0.2, 0.25) is 0 Å². The van der Waals surface area contributed by atoms with Crippen molar-refractivity contribution in [2.75, 3.05) is 5.32 Å². The van der Waals surface area contributed by atoms with Crippen molar-refractivity contribution in [2.24, 2.45) is 0 Å². The van der Waals surface area contributed by atoms with Gasteiger partial charge >= 0.3 is 0 Å². The van der Waals surface area contributed by atoms with E-state index in [1.807, 2.05) is 12.1 Å². The average molecular weight is 264 g/mol. The van der Waals surface area contributed by atoms with E-state index in [9.17, 15) is 9.18 Å². The summed E-state index contributed by atoms with van der Waals surface area (Å²) >= 11 is 5.72. The molecule has 0 bridgehead atoms. The monoisotopic (exact) mass is 263 g/mol. The van der Waals surface area contributed by atoms with Gasteiger partial charge in [-0.05, 0) is 42.0 Å². The van der Waals surface area contributed by atoms with Crippen molar-refractivity contribution in [3.05, 3.63) is 65.5 Å². The van der Waals surface area contributed by atoms with Crippen LogP contribution in [0.1, 0.15) is 15.9 Å². The van der Waals surface area contributed by atoms with Gasteiger partial charge in [0.2, 0.25) is 0 Å². The molecule has 0 aliphatic rings. The zero-order valence-electron chi connectivity index (χ0n) is 9.49. The average Bonchev–Trinajstić information content (AvgIpc) is 2.39. The van der Waals surface area contributed by atoms with E-state index in [1.54, 1.807) is 12.1 Å². The molecule has 0 saturated heterocycles. The van der Waals surface area contributed by atoms with Crippen LogP contribution in [0.25, 0.3) is 0 Å². The van der Waals surface area contributed by atoms with Crippen LogP contribution in [0.4, 0.5) is 10.1 Å². The molecule has 4 heteroatoms. The molecule has 2 aromatic rings. The lowest BCUT2D eigenvalue weighted by Gasteiger charge is -2.06. The Morgan fingerprint density at radius 3 is 2.56 bits per heavy atom. The number of carbonyl (C=O) groups excluding carboxylic acids is 1. The predicted molar refractivity (Wildman–Crippen MR) is 70.4 cm³/mol. The van der Waals surface area contributed by atoms with Crippen molar-refractivity contribution in [2.45, 2.75) is 5.88 Å². The van der Waals surface area contributed by atoms with Gasteiger partial charge in [-0.3, -0.25) is 4.79 Å². The largest absolute Gasteiger partial charge is 0.322 e. The van der Waals surface area contributed by atoms with E-state index in [4.69, 9.17) is 11.6 Å². The smallest absolute Gasteiger partial charge is 0.255 e. The van der Waals surface area contributed by atoms with Crippen molar-refractivity contribution >= 4 is 23.2 Å². The fourth-order valence-electron chi connectivity index (χ4n) is 1.54. The molecule has 92 valence electrons. The molecular weight excluding hydrogens is 253 g/mol. The number of alkyl halides is 1. The number of hydrogen-bond donors (Lipinski definition) is 1. The Balaban J connectivity index is 2.13. The van der Waals surface area contributed by atoms with Crippen LogP contribution >= 0.6 is 11.6 Å². The first-order chi connectivity index (χ1) is 8.69. The highest BCUT2D eigenvalue weighted by molar-refractivity contribution is 6.17. The molecular formula is C14H11ClFNO. The summed E-state index contributed by atoms with van der Waals surface area (Å²) in [5, 5.41) is 2.73. The predicted octanol–water partition coefficient (Wildman–Crippen LogP) is 3.82. The van der Waals surface area contributed by atoms with Gasteiger partial charge in [0, 0.05) is 17.1 Å². The zero-order chi connectivity index (χ0) is 13.0. The summed E-state index contributed by atoms with van der Waals surface area (Å²) in [7, 11) is 0. The molecule has 1 amide bonds. The second-order valence-corrected chi connectivity index (χ2v) is 4.06.